The van der Waals surface area contributed by atoms with Gasteiger partial charge in [0, 0.05) is 25.8 Å². The fourth-order valence-electron chi connectivity index (χ4n) is 3.29. The highest BCUT2D eigenvalue weighted by Crippen LogP contribution is 2.29. The van der Waals surface area contributed by atoms with Crippen molar-refractivity contribution in [2.24, 2.45) is 0 Å². The van der Waals surface area contributed by atoms with Crippen molar-refractivity contribution in [3.63, 3.8) is 0 Å². The number of likely N-dealkylation sites (tertiary alicyclic amines) is 1. The number of nitrogens with one attached hydrogen (secondary N) is 2. The van der Waals surface area contributed by atoms with Crippen molar-refractivity contribution in [3.8, 4) is 0 Å². The Kier molecular flexibility index (Phi) is 4.97. The third-order valence-corrected chi connectivity index (χ3v) is 4.73. The number of halogens is 1. The van der Waals surface area contributed by atoms with Gasteiger partial charge in [-0.3, -0.25) is 9.59 Å². The molecule has 0 unspecified atom stereocenters. The lowest BCUT2D eigenvalue weighted by Crippen LogP contribution is -2.58. The Morgan fingerprint density at radius 3 is 2.50 bits per heavy atom. The van der Waals surface area contributed by atoms with Crippen molar-refractivity contribution >= 4 is 17.5 Å². The zero-order valence-corrected chi connectivity index (χ0v) is 14.8. The molecule has 1 aromatic heterocycles. The second-order valence-corrected chi connectivity index (χ2v) is 6.50. The van der Waals surface area contributed by atoms with Crippen molar-refractivity contribution in [2.45, 2.75) is 25.3 Å². The number of amides is 2. The van der Waals surface area contributed by atoms with E-state index in [1.165, 1.54) is 12.1 Å². The highest BCUT2D eigenvalue weighted by molar-refractivity contribution is 5.93. The minimum Gasteiger partial charge on any atom is -0.456 e. The first kappa shape index (κ1) is 18.0. The van der Waals surface area contributed by atoms with Crippen LogP contribution in [0.4, 0.5) is 10.1 Å². The molecule has 1 aliphatic heterocycles. The van der Waals surface area contributed by atoms with Crippen LogP contribution in [0.15, 0.2) is 40.8 Å². The van der Waals surface area contributed by atoms with E-state index in [1.54, 1.807) is 43.1 Å². The number of hydrogen-bond donors (Lipinski definition) is 2. The number of hydrogen-bond acceptors (Lipinski definition) is 4. The van der Waals surface area contributed by atoms with E-state index in [1.807, 2.05) is 0 Å². The van der Waals surface area contributed by atoms with E-state index in [4.69, 9.17) is 4.42 Å². The van der Waals surface area contributed by atoms with E-state index in [9.17, 15) is 14.0 Å². The maximum Gasteiger partial charge on any atom is 0.289 e. The monoisotopic (exact) mass is 359 g/mol. The van der Waals surface area contributed by atoms with E-state index in [0.717, 1.165) is 0 Å². The van der Waals surface area contributed by atoms with Crippen molar-refractivity contribution in [3.05, 3.63) is 53.7 Å². The molecule has 0 radical (unpaired) electrons. The lowest BCUT2D eigenvalue weighted by molar-refractivity contribution is -0.126. The molecule has 0 bridgehead atoms. The molecule has 2 heterocycles. The predicted octanol–water partition coefficient (Wildman–Crippen LogP) is 2.56. The second-order valence-electron chi connectivity index (χ2n) is 6.50. The molecule has 26 heavy (non-hydrogen) atoms. The first-order valence-electron chi connectivity index (χ1n) is 8.55. The van der Waals surface area contributed by atoms with Crippen LogP contribution in [0.2, 0.25) is 0 Å². The van der Waals surface area contributed by atoms with Gasteiger partial charge in [0.15, 0.2) is 5.76 Å². The highest BCUT2D eigenvalue weighted by atomic mass is 19.1. The van der Waals surface area contributed by atoms with Gasteiger partial charge in [-0.05, 0) is 50.1 Å². The molecule has 3 rings (SSSR count). The lowest BCUT2D eigenvalue weighted by atomic mass is 9.86. The number of piperidine rings is 1. The summed E-state index contributed by atoms with van der Waals surface area (Å²) in [7, 11) is 1.57. The van der Waals surface area contributed by atoms with E-state index >= 15 is 0 Å². The molecule has 1 aromatic carbocycles. The molecule has 0 aliphatic carbocycles. The summed E-state index contributed by atoms with van der Waals surface area (Å²) >= 11 is 0. The SMILES string of the molecule is CNC(=O)C1(Nc2cccc(F)c2)CCN(C(=O)c2ccc(C)o2)CC1. The third-order valence-electron chi connectivity index (χ3n) is 4.73. The van der Waals surface area contributed by atoms with Crippen LogP contribution in [-0.4, -0.2) is 42.4 Å². The topological polar surface area (TPSA) is 74.6 Å². The second kappa shape index (κ2) is 7.19. The molecule has 7 heteroatoms. The summed E-state index contributed by atoms with van der Waals surface area (Å²) in [5, 5.41) is 5.85. The molecule has 1 fully saturated rings. The number of furan rings is 1. The van der Waals surface area contributed by atoms with Crippen LogP contribution in [0.25, 0.3) is 0 Å². The lowest BCUT2D eigenvalue weighted by Gasteiger charge is -2.41. The van der Waals surface area contributed by atoms with Crippen LogP contribution in [0.5, 0.6) is 0 Å². The summed E-state index contributed by atoms with van der Waals surface area (Å²) in [4.78, 5) is 26.7. The Morgan fingerprint density at radius 2 is 1.92 bits per heavy atom. The molecule has 2 aromatic rings. The molecular formula is C19H22FN3O3. The van der Waals surface area contributed by atoms with Crippen LogP contribution < -0.4 is 10.6 Å². The fraction of sp³-hybridized carbons (Fsp3) is 0.368. The van der Waals surface area contributed by atoms with Gasteiger partial charge in [0.2, 0.25) is 5.91 Å². The Labute approximate surface area is 151 Å². The molecular weight excluding hydrogens is 337 g/mol. The van der Waals surface area contributed by atoms with Crippen molar-refractivity contribution in [1.29, 1.82) is 0 Å². The number of anilines is 1. The van der Waals surface area contributed by atoms with Gasteiger partial charge in [0.25, 0.3) is 5.91 Å². The fourth-order valence-corrected chi connectivity index (χ4v) is 3.29. The number of aryl methyl sites for hydroxylation is 1. The Hall–Kier alpha value is -2.83. The zero-order valence-electron chi connectivity index (χ0n) is 14.8. The molecule has 1 aliphatic rings. The van der Waals surface area contributed by atoms with Gasteiger partial charge in [-0.25, -0.2) is 4.39 Å². The Balaban J connectivity index is 1.75. The van der Waals surface area contributed by atoms with E-state index in [0.29, 0.717) is 43.1 Å². The Morgan fingerprint density at radius 1 is 1.19 bits per heavy atom. The van der Waals surface area contributed by atoms with Gasteiger partial charge in [-0.15, -0.1) is 0 Å². The molecule has 138 valence electrons. The average molecular weight is 359 g/mol. The highest BCUT2D eigenvalue weighted by Gasteiger charge is 2.42. The van der Waals surface area contributed by atoms with Crippen molar-refractivity contribution in [2.75, 3.05) is 25.5 Å². The number of carbonyl (C=O) groups excluding carboxylic acids is 2. The van der Waals surface area contributed by atoms with E-state index < -0.39 is 5.54 Å². The number of likely N-dealkylation sites (N-methyl/N-ethyl adjacent to an activating group) is 1. The zero-order chi connectivity index (χ0) is 18.7. The molecule has 1 saturated heterocycles. The van der Waals surface area contributed by atoms with Crippen molar-refractivity contribution < 1.29 is 18.4 Å². The van der Waals surface area contributed by atoms with Gasteiger partial charge >= 0.3 is 0 Å². The smallest absolute Gasteiger partial charge is 0.289 e. The minimum atomic E-state index is -0.890. The molecule has 0 saturated carbocycles. The molecule has 2 amide bonds. The summed E-state index contributed by atoms with van der Waals surface area (Å²) < 4.78 is 18.9. The molecule has 6 nitrogen and oxygen atoms in total. The number of benzene rings is 1. The van der Waals surface area contributed by atoms with Crippen LogP contribution >= 0.6 is 0 Å². The molecule has 0 atom stereocenters. The summed E-state index contributed by atoms with van der Waals surface area (Å²) in [5.41, 5.74) is -0.353. The maximum atomic E-state index is 13.5. The summed E-state index contributed by atoms with van der Waals surface area (Å²) in [5.74, 6) is 0.241. The summed E-state index contributed by atoms with van der Waals surface area (Å²) in [6, 6.07) is 9.42. The molecule has 0 spiro atoms. The molecule has 2 N–H and O–H groups in total. The first-order chi connectivity index (χ1) is 12.4. The van der Waals surface area contributed by atoms with Crippen LogP contribution in [-0.2, 0) is 4.79 Å². The predicted molar refractivity (Wildman–Crippen MR) is 95.4 cm³/mol. The summed E-state index contributed by atoms with van der Waals surface area (Å²) in [6.07, 6.45) is 0.823. The standard InChI is InChI=1S/C19H22FN3O3/c1-13-6-7-16(26-13)17(24)23-10-8-19(9-11-23,18(25)21-2)22-15-5-3-4-14(20)12-15/h3-7,12,22H,8-11H2,1-2H3,(H,21,25). The number of carbonyl (C=O) groups is 2. The van der Waals surface area contributed by atoms with Gasteiger partial charge in [0.05, 0.1) is 0 Å². The van der Waals surface area contributed by atoms with Crippen LogP contribution in [0.1, 0.15) is 29.2 Å². The summed E-state index contributed by atoms with van der Waals surface area (Å²) in [6.45, 7) is 2.58. The van der Waals surface area contributed by atoms with Gasteiger partial charge in [-0.1, -0.05) is 6.07 Å². The van der Waals surface area contributed by atoms with Crippen molar-refractivity contribution in [1.82, 2.24) is 10.2 Å². The van der Waals surface area contributed by atoms with E-state index in [-0.39, 0.29) is 17.6 Å². The normalized spacial score (nSPS) is 16.2. The van der Waals surface area contributed by atoms with E-state index in [2.05, 4.69) is 10.6 Å². The number of rotatable bonds is 4. The van der Waals surface area contributed by atoms with Gasteiger partial charge < -0.3 is 20.0 Å². The first-order valence-corrected chi connectivity index (χ1v) is 8.55. The number of nitrogens with zero attached hydrogens (tertiary/aromatic N) is 1. The quantitative estimate of drug-likeness (QED) is 0.880. The largest absolute Gasteiger partial charge is 0.456 e. The minimum absolute atomic E-state index is 0.178. The third kappa shape index (κ3) is 3.56. The maximum absolute atomic E-state index is 13.5. The average Bonchev–Trinajstić information content (AvgIpc) is 3.07. The van der Waals surface area contributed by atoms with Crippen LogP contribution in [0.3, 0.4) is 0 Å². The van der Waals surface area contributed by atoms with Gasteiger partial charge in [0.1, 0.15) is 17.1 Å². The van der Waals surface area contributed by atoms with Crippen LogP contribution in [0, 0.1) is 12.7 Å². The van der Waals surface area contributed by atoms with Gasteiger partial charge in [-0.2, -0.15) is 0 Å². The Bertz CT molecular complexity index is 810.